The van der Waals surface area contributed by atoms with Crippen molar-refractivity contribution in [2.45, 2.75) is 20.3 Å². The molecule has 2 rings (SSSR count). The summed E-state index contributed by atoms with van der Waals surface area (Å²) >= 11 is 2.22. The zero-order chi connectivity index (χ0) is 16.3. The van der Waals surface area contributed by atoms with Crippen molar-refractivity contribution in [1.29, 1.82) is 0 Å². The van der Waals surface area contributed by atoms with E-state index in [0.717, 1.165) is 21.2 Å². The molecule has 0 saturated heterocycles. The number of rotatable bonds is 4. The van der Waals surface area contributed by atoms with Crippen molar-refractivity contribution in [2.24, 2.45) is 0 Å². The van der Waals surface area contributed by atoms with Crippen molar-refractivity contribution in [3.63, 3.8) is 0 Å². The highest BCUT2D eigenvalue weighted by atomic mass is 127. The second kappa shape index (κ2) is 6.87. The molecule has 22 heavy (non-hydrogen) atoms. The molecule has 0 radical (unpaired) electrons. The van der Waals surface area contributed by atoms with E-state index in [4.69, 9.17) is 0 Å². The van der Waals surface area contributed by atoms with E-state index in [1.54, 1.807) is 19.1 Å². The van der Waals surface area contributed by atoms with Crippen molar-refractivity contribution >= 4 is 39.9 Å². The van der Waals surface area contributed by atoms with E-state index in [9.17, 15) is 14.9 Å². The number of carbonyl (C=O) groups excluding carboxylic acids is 1. The molecule has 0 aliphatic heterocycles. The number of aryl methyl sites for hydroxylation is 2. The summed E-state index contributed by atoms with van der Waals surface area (Å²) in [4.78, 5) is 22.8. The van der Waals surface area contributed by atoms with Crippen molar-refractivity contribution in [3.05, 3.63) is 66.8 Å². The average molecular weight is 410 g/mol. The standard InChI is InChI=1S/C16H15IN2O3/c1-3-11-8-13(17)6-7-14(11)18-16(20)12-5-4-10(2)15(9-12)19(21)22/h4-9H,3H2,1-2H3,(H,18,20). The van der Waals surface area contributed by atoms with Crippen LogP contribution < -0.4 is 5.32 Å². The molecule has 2 aromatic carbocycles. The zero-order valence-electron chi connectivity index (χ0n) is 12.2. The van der Waals surface area contributed by atoms with Crippen LogP contribution in [0.1, 0.15) is 28.4 Å². The molecule has 1 N–H and O–H groups in total. The topological polar surface area (TPSA) is 72.2 Å². The molecule has 0 heterocycles. The number of hydrogen-bond donors (Lipinski definition) is 1. The van der Waals surface area contributed by atoms with Gasteiger partial charge >= 0.3 is 0 Å². The lowest BCUT2D eigenvalue weighted by atomic mass is 10.1. The molecule has 0 saturated carbocycles. The first-order chi connectivity index (χ1) is 10.4. The fraction of sp³-hybridized carbons (Fsp3) is 0.188. The second-order valence-corrected chi connectivity index (χ2v) is 6.11. The van der Waals surface area contributed by atoms with Crippen LogP contribution in [-0.4, -0.2) is 10.8 Å². The smallest absolute Gasteiger partial charge is 0.273 e. The van der Waals surface area contributed by atoms with Gasteiger partial charge in [0, 0.05) is 26.5 Å². The van der Waals surface area contributed by atoms with E-state index in [2.05, 4.69) is 27.9 Å². The minimum atomic E-state index is -0.478. The predicted molar refractivity (Wildman–Crippen MR) is 94.3 cm³/mol. The Morgan fingerprint density at radius 2 is 2.00 bits per heavy atom. The van der Waals surface area contributed by atoms with Gasteiger partial charge in [0.25, 0.3) is 11.6 Å². The highest BCUT2D eigenvalue weighted by Gasteiger charge is 2.15. The van der Waals surface area contributed by atoms with E-state index in [1.165, 1.54) is 6.07 Å². The SMILES string of the molecule is CCc1cc(I)ccc1NC(=O)c1ccc(C)c([N+](=O)[O-])c1. The van der Waals surface area contributed by atoms with E-state index in [1.807, 2.05) is 25.1 Å². The summed E-state index contributed by atoms with van der Waals surface area (Å²) in [6.07, 6.45) is 0.792. The van der Waals surface area contributed by atoms with Gasteiger partial charge < -0.3 is 5.32 Å². The summed E-state index contributed by atoms with van der Waals surface area (Å²) in [6, 6.07) is 10.3. The number of nitro groups is 1. The first-order valence-corrected chi connectivity index (χ1v) is 7.85. The minimum absolute atomic E-state index is 0.0500. The average Bonchev–Trinajstić information content (AvgIpc) is 2.49. The van der Waals surface area contributed by atoms with Gasteiger partial charge in [0.15, 0.2) is 0 Å². The predicted octanol–water partition coefficient (Wildman–Crippen LogP) is 4.32. The molecular formula is C16H15IN2O3. The summed E-state index contributed by atoms with van der Waals surface area (Å²) < 4.78 is 1.10. The van der Waals surface area contributed by atoms with Crippen LogP contribution in [0.5, 0.6) is 0 Å². The highest BCUT2D eigenvalue weighted by molar-refractivity contribution is 14.1. The maximum absolute atomic E-state index is 12.3. The van der Waals surface area contributed by atoms with E-state index in [0.29, 0.717) is 5.56 Å². The van der Waals surface area contributed by atoms with Crippen molar-refractivity contribution < 1.29 is 9.72 Å². The van der Waals surface area contributed by atoms with Crippen LogP contribution in [-0.2, 0) is 6.42 Å². The lowest BCUT2D eigenvalue weighted by Crippen LogP contribution is -2.13. The minimum Gasteiger partial charge on any atom is -0.322 e. The summed E-state index contributed by atoms with van der Waals surface area (Å²) in [7, 11) is 0. The third-order valence-electron chi connectivity index (χ3n) is 3.36. The lowest BCUT2D eigenvalue weighted by Gasteiger charge is -2.10. The normalized spacial score (nSPS) is 10.3. The molecule has 0 atom stereocenters. The number of carbonyl (C=O) groups is 1. The number of anilines is 1. The largest absolute Gasteiger partial charge is 0.322 e. The van der Waals surface area contributed by atoms with Crippen LogP contribution in [0, 0.1) is 20.6 Å². The number of hydrogen-bond acceptors (Lipinski definition) is 3. The Kier molecular flexibility index (Phi) is 5.12. The summed E-state index contributed by atoms with van der Waals surface area (Å²) in [5.41, 5.74) is 2.52. The first kappa shape index (κ1) is 16.4. The van der Waals surface area contributed by atoms with Gasteiger partial charge in [0.1, 0.15) is 0 Å². The van der Waals surface area contributed by atoms with Crippen molar-refractivity contribution in [1.82, 2.24) is 0 Å². The molecule has 5 nitrogen and oxygen atoms in total. The van der Waals surface area contributed by atoms with Crippen LogP contribution in [0.2, 0.25) is 0 Å². The monoisotopic (exact) mass is 410 g/mol. The number of benzene rings is 2. The van der Waals surface area contributed by atoms with Gasteiger partial charge in [-0.3, -0.25) is 14.9 Å². The van der Waals surface area contributed by atoms with Crippen molar-refractivity contribution in [3.8, 4) is 0 Å². The van der Waals surface area contributed by atoms with E-state index < -0.39 is 4.92 Å². The fourth-order valence-electron chi connectivity index (χ4n) is 2.12. The summed E-state index contributed by atoms with van der Waals surface area (Å²) in [6.45, 7) is 3.66. The van der Waals surface area contributed by atoms with Crippen LogP contribution in [0.25, 0.3) is 0 Å². The molecule has 2 aromatic rings. The maximum Gasteiger partial charge on any atom is 0.273 e. The molecule has 6 heteroatoms. The van der Waals surface area contributed by atoms with Gasteiger partial charge in [0.05, 0.1) is 4.92 Å². The third-order valence-corrected chi connectivity index (χ3v) is 4.04. The lowest BCUT2D eigenvalue weighted by molar-refractivity contribution is -0.385. The van der Waals surface area contributed by atoms with E-state index >= 15 is 0 Å². The Morgan fingerprint density at radius 1 is 1.27 bits per heavy atom. The Balaban J connectivity index is 2.30. The maximum atomic E-state index is 12.3. The zero-order valence-corrected chi connectivity index (χ0v) is 14.4. The Morgan fingerprint density at radius 3 is 2.64 bits per heavy atom. The number of nitrogens with zero attached hydrogens (tertiary/aromatic N) is 1. The molecule has 0 spiro atoms. The Hall–Kier alpha value is -1.96. The van der Waals surface area contributed by atoms with Gasteiger partial charge in [-0.1, -0.05) is 13.0 Å². The van der Waals surface area contributed by atoms with E-state index in [-0.39, 0.29) is 17.2 Å². The summed E-state index contributed by atoms with van der Waals surface area (Å²) in [5, 5.41) is 13.8. The second-order valence-electron chi connectivity index (χ2n) is 4.87. The molecule has 114 valence electrons. The van der Waals surface area contributed by atoms with Gasteiger partial charge in [-0.2, -0.15) is 0 Å². The number of nitro benzene ring substituents is 1. The fourth-order valence-corrected chi connectivity index (χ4v) is 2.67. The molecule has 0 aliphatic rings. The number of amides is 1. The van der Waals surface area contributed by atoms with Gasteiger partial charge in [-0.05, 0) is 65.8 Å². The quantitative estimate of drug-likeness (QED) is 0.464. The van der Waals surface area contributed by atoms with Crippen LogP contribution in [0.3, 0.4) is 0 Å². The number of halogens is 1. The highest BCUT2D eigenvalue weighted by Crippen LogP contribution is 2.22. The van der Waals surface area contributed by atoms with Crippen LogP contribution in [0.15, 0.2) is 36.4 Å². The number of nitrogens with one attached hydrogen (secondary N) is 1. The van der Waals surface area contributed by atoms with Gasteiger partial charge in [-0.15, -0.1) is 0 Å². The molecule has 0 aromatic heterocycles. The summed E-state index contributed by atoms with van der Waals surface area (Å²) in [5.74, 6) is -0.348. The van der Waals surface area contributed by atoms with Crippen LogP contribution in [0.4, 0.5) is 11.4 Å². The molecule has 0 fully saturated rings. The molecule has 0 aliphatic carbocycles. The van der Waals surface area contributed by atoms with Crippen molar-refractivity contribution in [2.75, 3.05) is 5.32 Å². The third kappa shape index (κ3) is 3.62. The molecule has 0 bridgehead atoms. The molecular weight excluding hydrogens is 395 g/mol. The molecule has 1 amide bonds. The first-order valence-electron chi connectivity index (χ1n) is 6.77. The van der Waals surface area contributed by atoms with Gasteiger partial charge in [0.2, 0.25) is 0 Å². The molecule has 0 unspecified atom stereocenters. The van der Waals surface area contributed by atoms with Gasteiger partial charge in [-0.25, -0.2) is 0 Å². The van der Waals surface area contributed by atoms with Crippen LogP contribution >= 0.6 is 22.6 Å². The Bertz CT molecular complexity index is 744. The Labute approximate surface area is 142 Å².